The summed E-state index contributed by atoms with van der Waals surface area (Å²) in [4.78, 5) is 3.58. The number of halogens is 1. The highest BCUT2D eigenvalue weighted by molar-refractivity contribution is 7.13. The van der Waals surface area contributed by atoms with Crippen LogP contribution in [-0.4, -0.2) is 29.2 Å². The summed E-state index contributed by atoms with van der Waals surface area (Å²) in [6, 6.07) is 6.46. The van der Waals surface area contributed by atoms with Crippen LogP contribution in [0, 0.1) is 5.92 Å². The Balaban J connectivity index is 0.00000161. The molecule has 4 nitrogen and oxygen atoms in total. The molecule has 1 aliphatic heterocycles. The van der Waals surface area contributed by atoms with Gasteiger partial charge in [-0.05, 0) is 50.2 Å². The maximum atomic E-state index is 5.98. The van der Waals surface area contributed by atoms with E-state index in [-0.39, 0.29) is 12.4 Å². The predicted molar refractivity (Wildman–Crippen MR) is 88.7 cm³/mol. The lowest BCUT2D eigenvalue weighted by atomic mass is 9.91. The largest absolute Gasteiger partial charge is 0.355 e. The molecule has 2 aromatic heterocycles. The maximum Gasteiger partial charge on any atom is 0.177 e. The predicted octanol–water partition coefficient (Wildman–Crippen LogP) is 3.38. The number of rotatable bonds is 4. The van der Waals surface area contributed by atoms with Gasteiger partial charge < -0.3 is 10.3 Å². The van der Waals surface area contributed by atoms with Gasteiger partial charge in [0.15, 0.2) is 5.76 Å². The van der Waals surface area contributed by atoms with Crippen LogP contribution in [-0.2, 0) is 6.54 Å². The minimum Gasteiger partial charge on any atom is -0.355 e. The van der Waals surface area contributed by atoms with Gasteiger partial charge in [0, 0.05) is 18.7 Å². The first-order chi connectivity index (χ1) is 9.72. The molecule has 0 saturated carbocycles. The van der Waals surface area contributed by atoms with Gasteiger partial charge in [0.1, 0.15) is 0 Å². The molecule has 6 heteroatoms. The second kappa shape index (κ2) is 7.40. The van der Waals surface area contributed by atoms with E-state index in [1.165, 1.54) is 12.8 Å². The normalized spacial score (nSPS) is 18.4. The number of aromatic nitrogens is 1. The average Bonchev–Trinajstić information content (AvgIpc) is 3.09. The number of nitrogens with zero attached hydrogens (tertiary/aromatic N) is 2. The number of likely N-dealkylation sites (tertiary alicyclic amines) is 1. The van der Waals surface area contributed by atoms with Gasteiger partial charge in [0.2, 0.25) is 0 Å². The molecule has 0 bridgehead atoms. The summed E-state index contributed by atoms with van der Waals surface area (Å²) in [6.45, 7) is 5.20. The van der Waals surface area contributed by atoms with E-state index in [9.17, 15) is 0 Å². The van der Waals surface area contributed by atoms with Gasteiger partial charge in [-0.3, -0.25) is 4.90 Å². The van der Waals surface area contributed by atoms with Crippen molar-refractivity contribution < 1.29 is 4.52 Å². The minimum atomic E-state index is 0. The van der Waals surface area contributed by atoms with Crippen LogP contribution in [0.1, 0.15) is 25.5 Å². The van der Waals surface area contributed by atoms with E-state index < -0.39 is 0 Å². The second-order valence-electron chi connectivity index (χ2n) is 5.63. The zero-order chi connectivity index (χ0) is 13.9. The van der Waals surface area contributed by atoms with Crippen LogP contribution in [0.25, 0.3) is 10.6 Å². The molecule has 0 aliphatic carbocycles. The molecular formula is C15H22ClN3OS. The van der Waals surface area contributed by atoms with Crippen molar-refractivity contribution in [1.82, 2.24) is 10.1 Å². The van der Waals surface area contributed by atoms with Crippen LogP contribution in [0.5, 0.6) is 0 Å². The number of piperidine rings is 1. The van der Waals surface area contributed by atoms with Crippen molar-refractivity contribution in [3.63, 3.8) is 0 Å². The quantitative estimate of drug-likeness (QED) is 0.935. The Morgan fingerprint density at radius 1 is 1.48 bits per heavy atom. The Hall–Kier alpha value is -0.880. The fourth-order valence-corrected chi connectivity index (χ4v) is 3.46. The molecule has 0 amide bonds. The minimum absolute atomic E-state index is 0. The molecule has 2 N–H and O–H groups in total. The summed E-state index contributed by atoms with van der Waals surface area (Å²) in [6.07, 6.45) is 2.38. The molecule has 1 saturated heterocycles. The molecule has 2 aromatic rings. The molecule has 1 fully saturated rings. The average molecular weight is 328 g/mol. The van der Waals surface area contributed by atoms with Gasteiger partial charge in [-0.25, -0.2) is 0 Å². The SMILES string of the molecule is CC(N)C1CCN(Cc2cc(-c3cccs3)on2)CC1.Cl. The first kappa shape index (κ1) is 16.5. The van der Waals surface area contributed by atoms with Crippen molar-refractivity contribution in [2.24, 2.45) is 11.7 Å². The Bertz CT molecular complexity index is 533. The molecule has 1 unspecified atom stereocenters. The van der Waals surface area contributed by atoms with Crippen LogP contribution in [0.15, 0.2) is 28.1 Å². The monoisotopic (exact) mass is 327 g/mol. The third kappa shape index (κ3) is 4.07. The number of hydrogen-bond donors (Lipinski definition) is 1. The fourth-order valence-electron chi connectivity index (χ4n) is 2.79. The highest BCUT2D eigenvalue weighted by atomic mass is 35.5. The van der Waals surface area contributed by atoms with Crippen molar-refractivity contribution in [3.8, 4) is 10.6 Å². The van der Waals surface area contributed by atoms with Crippen molar-refractivity contribution in [1.29, 1.82) is 0 Å². The molecule has 1 aliphatic rings. The first-order valence-corrected chi connectivity index (χ1v) is 8.08. The topological polar surface area (TPSA) is 55.3 Å². The van der Waals surface area contributed by atoms with Crippen LogP contribution in [0.3, 0.4) is 0 Å². The summed E-state index contributed by atoms with van der Waals surface area (Å²) in [7, 11) is 0. The Morgan fingerprint density at radius 2 is 2.24 bits per heavy atom. The summed E-state index contributed by atoms with van der Waals surface area (Å²) in [5.41, 5.74) is 7.00. The lowest BCUT2D eigenvalue weighted by molar-refractivity contribution is 0.162. The van der Waals surface area contributed by atoms with Crippen LogP contribution < -0.4 is 5.73 Å². The van der Waals surface area contributed by atoms with Crippen LogP contribution in [0.2, 0.25) is 0 Å². The molecule has 0 aromatic carbocycles. The molecule has 0 radical (unpaired) electrons. The van der Waals surface area contributed by atoms with E-state index in [2.05, 4.69) is 34.5 Å². The zero-order valence-electron chi connectivity index (χ0n) is 12.2. The molecule has 1 atom stereocenters. The number of thiophene rings is 1. The molecule has 0 spiro atoms. The molecule has 116 valence electrons. The summed E-state index contributed by atoms with van der Waals surface area (Å²) < 4.78 is 5.42. The van der Waals surface area contributed by atoms with Gasteiger partial charge in [0.25, 0.3) is 0 Å². The Kier molecular flexibility index (Phi) is 5.81. The molecular weight excluding hydrogens is 306 g/mol. The standard InChI is InChI=1S/C15H21N3OS.ClH/c1-11(16)12-4-6-18(7-5-12)10-13-9-14(19-17-13)15-3-2-8-20-15;/h2-3,8-9,11-12H,4-7,10,16H2,1H3;1H. The van der Waals surface area contributed by atoms with E-state index in [0.717, 1.165) is 36.0 Å². The summed E-state index contributed by atoms with van der Waals surface area (Å²) >= 11 is 1.68. The number of nitrogens with two attached hydrogens (primary N) is 1. The van der Waals surface area contributed by atoms with E-state index >= 15 is 0 Å². The summed E-state index contributed by atoms with van der Waals surface area (Å²) in [5, 5.41) is 6.24. The van der Waals surface area contributed by atoms with Gasteiger partial charge in [-0.15, -0.1) is 23.7 Å². The van der Waals surface area contributed by atoms with Gasteiger partial charge in [0.05, 0.1) is 10.6 Å². The molecule has 3 heterocycles. The third-order valence-corrected chi connectivity index (χ3v) is 4.97. The van der Waals surface area contributed by atoms with Crippen LogP contribution in [0.4, 0.5) is 0 Å². The van der Waals surface area contributed by atoms with Gasteiger partial charge in [-0.2, -0.15) is 0 Å². The smallest absolute Gasteiger partial charge is 0.177 e. The lowest BCUT2D eigenvalue weighted by Crippen LogP contribution is -2.39. The van der Waals surface area contributed by atoms with E-state index in [0.29, 0.717) is 12.0 Å². The Morgan fingerprint density at radius 3 is 2.86 bits per heavy atom. The van der Waals surface area contributed by atoms with Crippen molar-refractivity contribution >= 4 is 23.7 Å². The van der Waals surface area contributed by atoms with Gasteiger partial charge in [-0.1, -0.05) is 11.2 Å². The highest BCUT2D eigenvalue weighted by Gasteiger charge is 2.22. The zero-order valence-corrected chi connectivity index (χ0v) is 13.8. The molecule has 21 heavy (non-hydrogen) atoms. The van der Waals surface area contributed by atoms with E-state index in [4.69, 9.17) is 10.3 Å². The highest BCUT2D eigenvalue weighted by Crippen LogP contribution is 2.26. The van der Waals surface area contributed by atoms with Crippen LogP contribution >= 0.6 is 23.7 Å². The second-order valence-corrected chi connectivity index (χ2v) is 6.58. The van der Waals surface area contributed by atoms with Crippen molar-refractivity contribution in [2.75, 3.05) is 13.1 Å². The first-order valence-electron chi connectivity index (χ1n) is 7.20. The van der Waals surface area contributed by atoms with Crippen molar-refractivity contribution in [2.45, 2.75) is 32.4 Å². The summed E-state index contributed by atoms with van der Waals surface area (Å²) in [5.74, 6) is 1.55. The third-order valence-electron chi connectivity index (χ3n) is 4.08. The Labute approximate surface area is 135 Å². The fraction of sp³-hybridized carbons (Fsp3) is 0.533. The van der Waals surface area contributed by atoms with E-state index in [1.807, 2.05) is 6.07 Å². The lowest BCUT2D eigenvalue weighted by Gasteiger charge is -2.33. The number of hydrogen-bond acceptors (Lipinski definition) is 5. The van der Waals surface area contributed by atoms with Crippen molar-refractivity contribution in [3.05, 3.63) is 29.3 Å². The van der Waals surface area contributed by atoms with Gasteiger partial charge >= 0.3 is 0 Å². The maximum absolute atomic E-state index is 5.98. The van der Waals surface area contributed by atoms with E-state index in [1.54, 1.807) is 11.3 Å². The molecule has 3 rings (SSSR count).